The average molecular weight is 452 g/mol. The van der Waals surface area contributed by atoms with Crippen LogP contribution in [-0.2, 0) is 64.9 Å². The predicted octanol–water partition coefficient (Wildman–Crippen LogP) is 1.65. The first-order chi connectivity index (χ1) is 11.2. The maximum absolute atomic E-state index is 9.71. The second kappa shape index (κ2) is 30.5. The normalized spacial score (nSPS) is 7.36. The van der Waals surface area contributed by atoms with Gasteiger partial charge in [-0.15, -0.1) is 0 Å². The Balaban J connectivity index is -0.0000000702. The minimum Gasteiger partial charge on any atom is -0.301 e. The van der Waals surface area contributed by atoms with E-state index in [0.717, 1.165) is 0 Å². The van der Waals surface area contributed by atoms with E-state index >= 15 is 0 Å². The molecule has 0 bridgehead atoms. The topological polar surface area (TPSA) is 186 Å². The summed E-state index contributed by atoms with van der Waals surface area (Å²) >= 11 is 0. The molecule has 25 heavy (non-hydrogen) atoms. The fourth-order valence-electron chi connectivity index (χ4n) is 0.258. The molecule has 13 heteroatoms. The van der Waals surface area contributed by atoms with Gasteiger partial charge in [-0.25, -0.2) is 19.2 Å². The number of hydrogen-bond acceptors (Lipinski definition) is 12. The quantitative estimate of drug-likeness (QED) is 0.275. The van der Waals surface area contributed by atoms with E-state index in [4.69, 9.17) is 21.0 Å². The summed E-state index contributed by atoms with van der Waals surface area (Å²) in [5.74, 6) is -2.41. The summed E-state index contributed by atoms with van der Waals surface area (Å²) in [5, 5.41) is 29.9. The zero-order valence-corrected chi connectivity index (χ0v) is 16.8. The first-order valence-electron chi connectivity index (χ1n) is 6.61. The van der Waals surface area contributed by atoms with Crippen molar-refractivity contribution in [1.82, 2.24) is 0 Å². The third kappa shape index (κ3) is 45.0. The molecule has 0 amide bonds. The summed E-state index contributed by atoms with van der Waals surface area (Å²) in [7, 11) is 0. The van der Waals surface area contributed by atoms with Crippen molar-refractivity contribution >= 4 is 23.9 Å². The SMILES string of the molecule is CCC(=O)OO.CCC(=O)OO.CCC(=O)OO.CCC(=O)OO.[Zr]. The molecule has 0 aliphatic heterocycles. The molecule has 0 rings (SSSR count). The summed E-state index contributed by atoms with van der Waals surface area (Å²) in [6.07, 6.45) is 0.875. The van der Waals surface area contributed by atoms with Crippen LogP contribution < -0.4 is 0 Å². The summed E-state index contributed by atoms with van der Waals surface area (Å²) in [4.78, 5) is 51.9. The van der Waals surface area contributed by atoms with Crippen LogP contribution in [0.5, 0.6) is 0 Å². The van der Waals surface area contributed by atoms with Gasteiger partial charge < -0.3 is 19.6 Å². The second-order valence-electron chi connectivity index (χ2n) is 3.27. The Morgan fingerprint density at radius 2 is 0.640 bits per heavy atom. The van der Waals surface area contributed by atoms with Gasteiger partial charge in [-0.05, 0) is 0 Å². The number of carbonyl (C=O) groups is 4. The van der Waals surface area contributed by atoms with E-state index < -0.39 is 23.9 Å². The Bertz CT molecular complexity index is 246. The van der Waals surface area contributed by atoms with Gasteiger partial charge in [0.15, 0.2) is 0 Å². The van der Waals surface area contributed by atoms with Crippen LogP contribution >= 0.6 is 0 Å². The number of carbonyl (C=O) groups excluding carboxylic acids is 4. The van der Waals surface area contributed by atoms with Crippen LogP contribution in [0, 0.1) is 0 Å². The second-order valence-corrected chi connectivity index (χ2v) is 3.27. The molecule has 0 unspecified atom stereocenters. The fourth-order valence-corrected chi connectivity index (χ4v) is 0.258. The van der Waals surface area contributed by atoms with Gasteiger partial charge in [-0.2, -0.15) is 21.0 Å². The molecule has 4 N–H and O–H groups in total. The molecule has 0 atom stereocenters. The van der Waals surface area contributed by atoms with Crippen molar-refractivity contribution < 1.29 is 86.0 Å². The Labute approximate surface area is 163 Å². The van der Waals surface area contributed by atoms with Gasteiger partial charge in [-0.1, -0.05) is 27.7 Å². The molecule has 0 fully saturated rings. The third-order valence-electron chi connectivity index (χ3n) is 1.56. The Morgan fingerprint density at radius 1 is 0.520 bits per heavy atom. The van der Waals surface area contributed by atoms with Crippen molar-refractivity contribution in [3.05, 3.63) is 0 Å². The predicted molar refractivity (Wildman–Crippen MR) is 76.0 cm³/mol. The molecule has 0 saturated carbocycles. The Kier molecular flexibility index (Phi) is 42.5. The smallest absolute Gasteiger partial charge is 0.301 e. The first kappa shape index (κ1) is 34.8. The van der Waals surface area contributed by atoms with Gasteiger partial charge in [0, 0.05) is 51.9 Å². The first-order valence-corrected chi connectivity index (χ1v) is 6.61. The molecule has 0 heterocycles. The summed E-state index contributed by atoms with van der Waals surface area (Å²) in [6.45, 7) is 6.38. The van der Waals surface area contributed by atoms with Crippen molar-refractivity contribution in [3.8, 4) is 0 Å². The molecule has 0 radical (unpaired) electrons. The van der Waals surface area contributed by atoms with E-state index in [1.807, 2.05) is 0 Å². The van der Waals surface area contributed by atoms with E-state index in [0.29, 0.717) is 0 Å². The van der Waals surface area contributed by atoms with Crippen LogP contribution in [0.25, 0.3) is 0 Å². The third-order valence-corrected chi connectivity index (χ3v) is 1.56. The molecular weight excluding hydrogens is 427 g/mol. The fraction of sp³-hybridized carbons (Fsp3) is 0.667. The molecule has 0 aromatic rings. The monoisotopic (exact) mass is 450 g/mol. The zero-order valence-electron chi connectivity index (χ0n) is 14.4. The van der Waals surface area contributed by atoms with Crippen molar-refractivity contribution in [1.29, 1.82) is 0 Å². The molecule has 148 valence electrons. The van der Waals surface area contributed by atoms with Gasteiger partial charge in [0.1, 0.15) is 0 Å². The van der Waals surface area contributed by atoms with Gasteiger partial charge in [0.2, 0.25) is 0 Å². The average Bonchev–Trinajstić information content (AvgIpc) is 2.66. The van der Waals surface area contributed by atoms with Crippen LogP contribution in [0.2, 0.25) is 0 Å². The molecule has 0 aromatic carbocycles. The van der Waals surface area contributed by atoms with Crippen LogP contribution in [0.3, 0.4) is 0 Å². The van der Waals surface area contributed by atoms with Gasteiger partial charge in [0.05, 0.1) is 0 Å². The standard InChI is InChI=1S/4C3H6O3.Zr/c4*1-2-3(4)6-5;/h4*5H,2H2,1H3;. The maximum atomic E-state index is 9.71. The van der Waals surface area contributed by atoms with Crippen LogP contribution in [0.4, 0.5) is 0 Å². The molecule has 0 aliphatic carbocycles. The van der Waals surface area contributed by atoms with E-state index in [2.05, 4.69) is 19.6 Å². The van der Waals surface area contributed by atoms with Crippen LogP contribution in [0.1, 0.15) is 53.4 Å². The number of hydrogen-bond donors (Lipinski definition) is 4. The minimum atomic E-state index is -0.602. The molecule has 0 aliphatic rings. The minimum absolute atomic E-state index is 0. The van der Waals surface area contributed by atoms with E-state index in [1.165, 1.54) is 0 Å². The number of rotatable bonds is 4. The van der Waals surface area contributed by atoms with Crippen molar-refractivity contribution in [3.63, 3.8) is 0 Å². The van der Waals surface area contributed by atoms with E-state index in [-0.39, 0.29) is 51.9 Å². The summed E-state index contributed by atoms with van der Waals surface area (Å²) in [6, 6.07) is 0. The van der Waals surface area contributed by atoms with Crippen molar-refractivity contribution in [2.75, 3.05) is 0 Å². The summed E-state index contributed by atoms with van der Waals surface area (Å²) in [5.41, 5.74) is 0. The molecule has 0 spiro atoms. The zero-order chi connectivity index (χ0) is 20.0. The molecule has 12 nitrogen and oxygen atoms in total. The van der Waals surface area contributed by atoms with Gasteiger partial charge >= 0.3 is 23.9 Å². The molecule has 0 aromatic heterocycles. The van der Waals surface area contributed by atoms with E-state index in [9.17, 15) is 19.2 Å². The van der Waals surface area contributed by atoms with Crippen molar-refractivity contribution in [2.45, 2.75) is 53.4 Å². The van der Waals surface area contributed by atoms with Crippen LogP contribution in [-0.4, -0.2) is 44.9 Å². The Morgan fingerprint density at radius 3 is 0.640 bits per heavy atom. The van der Waals surface area contributed by atoms with Crippen molar-refractivity contribution in [2.24, 2.45) is 0 Å². The van der Waals surface area contributed by atoms with Crippen LogP contribution in [0.15, 0.2) is 0 Å². The van der Waals surface area contributed by atoms with E-state index in [1.54, 1.807) is 27.7 Å². The maximum Gasteiger partial charge on any atom is 0.341 e. The van der Waals surface area contributed by atoms with Gasteiger partial charge in [-0.3, -0.25) is 0 Å². The van der Waals surface area contributed by atoms with Gasteiger partial charge in [0.25, 0.3) is 0 Å². The molecule has 0 saturated heterocycles. The Hall–Kier alpha value is -1.40. The summed E-state index contributed by atoms with van der Waals surface area (Å²) < 4.78 is 0. The largest absolute Gasteiger partial charge is 0.341 e. The molecular formula is C12H24O12Zr.